The highest BCUT2D eigenvalue weighted by Crippen LogP contribution is 2.45. The summed E-state index contributed by atoms with van der Waals surface area (Å²) >= 11 is 0. The molecule has 2 nitrogen and oxygen atoms in total. The molecule has 0 bridgehead atoms. The van der Waals surface area contributed by atoms with Crippen molar-refractivity contribution in [2.45, 2.75) is 0 Å². The van der Waals surface area contributed by atoms with E-state index in [1.54, 1.807) is 0 Å². The van der Waals surface area contributed by atoms with Gasteiger partial charge in [-0.25, -0.2) is 0 Å². The van der Waals surface area contributed by atoms with Gasteiger partial charge in [0.05, 0.1) is 0 Å². The van der Waals surface area contributed by atoms with Crippen LogP contribution in [0.5, 0.6) is 0 Å². The van der Waals surface area contributed by atoms with Gasteiger partial charge >= 0.3 is 0 Å². The second-order valence-electron chi connectivity index (χ2n) is 15.3. The minimum atomic E-state index is 0.887. The molecule has 0 N–H and O–H groups in total. The molecule has 2 heteroatoms. The van der Waals surface area contributed by atoms with Crippen LogP contribution >= 0.6 is 0 Å². The number of fused-ring (bicyclic) bond motifs is 5. The zero-order valence-electron chi connectivity index (χ0n) is 32.9. The van der Waals surface area contributed by atoms with Crippen LogP contribution in [0.15, 0.2) is 241 Å². The number of hydrogen-bond acceptors (Lipinski definition) is 2. The van der Waals surface area contributed by atoms with Crippen LogP contribution in [0.25, 0.3) is 88.3 Å². The molecule has 0 fully saturated rings. The highest BCUT2D eigenvalue weighted by Gasteiger charge is 2.20. The second kappa shape index (κ2) is 15.1. The van der Waals surface area contributed by atoms with Gasteiger partial charge in [-0.1, -0.05) is 182 Å². The van der Waals surface area contributed by atoms with E-state index in [0.717, 1.165) is 61.1 Å². The summed E-state index contributed by atoms with van der Waals surface area (Å²) in [4.78, 5) is 2.34. The van der Waals surface area contributed by atoms with Gasteiger partial charge < -0.3 is 9.32 Å². The van der Waals surface area contributed by atoms with E-state index in [1.807, 2.05) is 0 Å². The van der Waals surface area contributed by atoms with Gasteiger partial charge in [-0.05, 0) is 110 Å². The van der Waals surface area contributed by atoms with Crippen LogP contribution in [-0.2, 0) is 0 Å². The topological polar surface area (TPSA) is 16.4 Å². The summed E-state index contributed by atoms with van der Waals surface area (Å²) < 4.78 is 7.03. The standard InChI is InChI=1S/C58H39NO/c1-5-15-40(16-6-1)43-25-31-48(32-26-43)59(49-33-27-44(28-34-49)41-17-7-2-8-18-41)50-35-29-46(30-36-50)54-37-47(42-19-9-3-10-20-42)38-55-56-39-53(45-21-11-4-12-22-45)51-23-13-14-24-52(51)57(56)60-58(54)55/h1-39H. The van der Waals surface area contributed by atoms with Gasteiger partial charge in [-0.15, -0.1) is 0 Å². The van der Waals surface area contributed by atoms with Crippen molar-refractivity contribution < 1.29 is 4.42 Å². The summed E-state index contributed by atoms with van der Waals surface area (Å²) in [5.74, 6) is 0. The van der Waals surface area contributed by atoms with Crippen molar-refractivity contribution in [3.8, 4) is 55.6 Å². The quantitative estimate of drug-likeness (QED) is 0.153. The zero-order valence-corrected chi connectivity index (χ0v) is 32.9. The Hall–Kier alpha value is -7.94. The molecule has 0 aliphatic heterocycles. The average molecular weight is 766 g/mol. The lowest BCUT2D eigenvalue weighted by Gasteiger charge is -2.26. The van der Waals surface area contributed by atoms with Gasteiger partial charge in [-0.3, -0.25) is 0 Å². The molecule has 0 saturated carbocycles. The molecule has 0 atom stereocenters. The fourth-order valence-corrected chi connectivity index (χ4v) is 8.67. The molecule has 0 saturated heterocycles. The summed E-state index contributed by atoms with van der Waals surface area (Å²) in [6.07, 6.45) is 0. The van der Waals surface area contributed by atoms with Crippen LogP contribution < -0.4 is 4.90 Å². The lowest BCUT2D eigenvalue weighted by molar-refractivity contribution is 0.674. The largest absolute Gasteiger partial charge is 0.455 e. The van der Waals surface area contributed by atoms with Gasteiger partial charge in [0.1, 0.15) is 11.2 Å². The van der Waals surface area contributed by atoms with Crippen molar-refractivity contribution in [2.24, 2.45) is 0 Å². The third kappa shape index (κ3) is 6.41. The lowest BCUT2D eigenvalue weighted by atomic mass is 9.93. The molecule has 0 unspecified atom stereocenters. The molecule has 60 heavy (non-hydrogen) atoms. The predicted molar refractivity (Wildman–Crippen MR) is 253 cm³/mol. The Morgan fingerprint density at radius 2 is 0.600 bits per heavy atom. The number of nitrogens with zero attached hydrogens (tertiary/aromatic N) is 1. The number of anilines is 3. The minimum absolute atomic E-state index is 0.887. The summed E-state index contributed by atoms with van der Waals surface area (Å²) in [6, 6.07) is 84.6. The molecule has 0 aliphatic rings. The van der Waals surface area contributed by atoms with Crippen molar-refractivity contribution in [1.29, 1.82) is 0 Å². The van der Waals surface area contributed by atoms with Gasteiger partial charge in [0.2, 0.25) is 0 Å². The first-order valence-corrected chi connectivity index (χ1v) is 20.5. The highest BCUT2D eigenvalue weighted by molar-refractivity contribution is 6.21. The molecular formula is C58H39NO. The highest BCUT2D eigenvalue weighted by atomic mass is 16.3. The third-order valence-electron chi connectivity index (χ3n) is 11.7. The van der Waals surface area contributed by atoms with E-state index >= 15 is 0 Å². The SMILES string of the molecule is c1ccc(-c2ccc(N(c3ccc(-c4ccccc4)cc3)c3ccc(-c4cc(-c5ccccc5)cc5c4oc4c6ccccc6c(-c6ccccc6)cc54)cc3)cc2)cc1. The normalized spacial score (nSPS) is 11.3. The van der Waals surface area contributed by atoms with E-state index in [-0.39, 0.29) is 0 Å². The van der Waals surface area contributed by atoms with Gasteiger partial charge in [0, 0.05) is 38.8 Å². The summed E-state index contributed by atoms with van der Waals surface area (Å²) in [5.41, 5.74) is 16.7. The van der Waals surface area contributed by atoms with Crippen LogP contribution in [0.3, 0.4) is 0 Å². The Labute approximate surface area is 349 Å². The average Bonchev–Trinajstić information content (AvgIpc) is 3.72. The molecule has 11 aromatic rings. The Balaban J connectivity index is 1.06. The van der Waals surface area contributed by atoms with Gasteiger partial charge in [-0.2, -0.15) is 0 Å². The molecule has 282 valence electrons. The van der Waals surface area contributed by atoms with E-state index in [0.29, 0.717) is 0 Å². The van der Waals surface area contributed by atoms with E-state index in [2.05, 4.69) is 241 Å². The Kier molecular flexibility index (Phi) is 8.87. The van der Waals surface area contributed by atoms with Crippen LogP contribution in [0.4, 0.5) is 17.1 Å². The summed E-state index contributed by atoms with van der Waals surface area (Å²) in [7, 11) is 0. The Bertz CT molecular complexity index is 3160. The lowest BCUT2D eigenvalue weighted by Crippen LogP contribution is -2.09. The second-order valence-corrected chi connectivity index (χ2v) is 15.3. The van der Waals surface area contributed by atoms with E-state index < -0.39 is 0 Å². The molecular weight excluding hydrogens is 727 g/mol. The fraction of sp³-hybridized carbons (Fsp3) is 0. The van der Waals surface area contributed by atoms with Crippen molar-refractivity contribution in [3.05, 3.63) is 237 Å². The molecule has 11 rings (SSSR count). The number of benzene rings is 10. The summed E-state index contributed by atoms with van der Waals surface area (Å²) in [5, 5.41) is 4.51. The van der Waals surface area contributed by atoms with Crippen LogP contribution in [0, 0.1) is 0 Å². The van der Waals surface area contributed by atoms with Gasteiger partial charge in [0.25, 0.3) is 0 Å². The summed E-state index contributed by atoms with van der Waals surface area (Å²) in [6.45, 7) is 0. The third-order valence-corrected chi connectivity index (χ3v) is 11.7. The first kappa shape index (κ1) is 35.2. The number of hydrogen-bond donors (Lipinski definition) is 0. The van der Waals surface area contributed by atoms with Crippen LogP contribution in [0.1, 0.15) is 0 Å². The molecule has 0 radical (unpaired) electrons. The maximum atomic E-state index is 7.03. The van der Waals surface area contributed by atoms with Crippen molar-refractivity contribution in [1.82, 2.24) is 0 Å². The smallest absolute Gasteiger partial charge is 0.143 e. The monoisotopic (exact) mass is 765 g/mol. The predicted octanol–water partition coefficient (Wildman–Crippen LogP) is 16.5. The zero-order chi connectivity index (χ0) is 39.8. The Morgan fingerprint density at radius 1 is 0.233 bits per heavy atom. The molecule has 0 spiro atoms. The van der Waals surface area contributed by atoms with Crippen molar-refractivity contribution in [3.63, 3.8) is 0 Å². The van der Waals surface area contributed by atoms with Crippen molar-refractivity contribution >= 4 is 49.8 Å². The molecule has 0 amide bonds. The van der Waals surface area contributed by atoms with Crippen molar-refractivity contribution in [2.75, 3.05) is 4.90 Å². The first-order chi connectivity index (χ1) is 29.7. The Morgan fingerprint density at radius 3 is 1.10 bits per heavy atom. The van der Waals surface area contributed by atoms with Crippen LogP contribution in [0.2, 0.25) is 0 Å². The maximum Gasteiger partial charge on any atom is 0.143 e. The number of furan rings is 1. The molecule has 1 heterocycles. The van der Waals surface area contributed by atoms with E-state index in [4.69, 9.17) is 4.42 Å². The van der Waals surface area contributed by atoms with E-state index in [9.17, 15) is 0 Å². The van der Waals surface area contributed by atoms with E-state index in [1.165, 1.54) is 44.3 Å². The van der Waals surface area contributed by atoms with Crippen LogP contribution in [-0.4, -0.2) is 0 Å². The molecule has 1 aromatic heterocycles. The minimum Gasteiger partial charge on any atom is -0.455 e. The number of rotatable bonds is 8. The first-order valence-electron chi connectivity index (χ1n) is 20.5. The maximum absolute atomic E-state index is 7.03. The van der Waals surface area contributed by atoms with Gasteiger partial charge in [0.15, 0.2) is 0 Å². The fourth-order valence-electron chi connectivity index (χ4n) is 8.67. The molecule has 0 aliphatic carbocycles. The molecule has 10 aromatic carbocycles.